The maximum atomic E-state index is 11.2. The van der Waals surface area contributed by atoms with Crippen LogP contribution in [-0.4, -0.2) is 44.0 Å². The van der Waals surface area contributed by atoms with Crippen molar-refractivity contribution in [2.75, 3.05) is 6.61 Å². The third-order valence-electron chi connectivity index (χ3n) is 3.88. The lowest BCUT2D eigenvalue weighted by atomic mass is 10.0. The maximum absolute atomic E-state index is 11.2. The average Bonchev–Trinajstić information content (AvgIpc) is 2.76. The second-order valence-electron chi connectivity index (χ2n) is 5.36. The van der Waals surface area contributed by atoms with Crippen molar-refractivity contribution in [3.05, 3.63) is 5.82 Å². The van der Waals surface area contributed by atoms with E-state index in [1.54, 1.807) is 4.68 Å². The molecule has 2 fully saturated rings. The summed E-state index contributed by atoms with van der Waals surface area (Å²) < 4.78 is 7.16. The van der Waals surface area contributed by atoms with Gasteiger partial charge in [-0.3, -0.25) is 4.79 Å². The molecule has 0 aromatic carbocycles. The molecule has 7 heteroatoms. The minimum absolute atomic E-state index is 0.180. The molecule has 2 aliphatic rings. The van der Waals surface area contributed by atoms with Crippen molar-refractivity contribution in [3.63, 3.8) is 0 Å². The molecule has 1 aliphatic carbocycles. The van der Waals surface area contributed by atoms with Gasteiger partial charge in [0, 0.05) is 5.92 Å². The number of tetrazole rings is 1. The zero-order chi connectivity index (χ0) is 12.8. The lowest BCUT2D eigenvalue weighted by Gasteiger charge is -2.12. The van der Waals surface area contributed by atoms with Crippen molar-refractivity contribution in [1.29, 1.82) is 0 Å². The molecule has 2 heterocycles. The van der Waals surface area contributed by atoms with E-state index in [2.05, 4.69) is 15.5 Å². The number of carbonyl (C=O) groups is 1. The van der Waals surface area contributed by atoms with Gasteiger partial charge in [0.15, 0.2) is 5.82 Å². The molecule has 7 nitrogen and oxygen atoms in total. The van der Waals surface area contributed by atoms with Gasteiger partial charge in [0.25, 0.3) is 0 Å². The number of hydrogen-bond acceptors (Lipinski definition) is 5. The Labute approximate surface area is 104 Å². The molecule has 98 valence electrons. The van der Waals surface area contributed by atoms with E-state index in [0.717, 1.165) is 12.2 Å². The van der Waals surface area contributed by atoms with E-state index in [1.165, 1.54) is 0 Å². The molecule has 1 saturated carbocycles. The first-order valence-corrected chi connectivity index (χ1v) is 6.22. The summed E-state index contributed by atoms with van der Waals surface area (Å²) in [5, 5.41) is 20.8. The molecule has 0 spiro atoms. The van der Waals surface area contributed by atoms with Crippen molar-refractivity contribution < 1.29 is 14.6 Å². The summed E-state index contributed by atoms with van der Waals surface area (Å²) in [5.74, 6) is 0.187. The lowest BCUT2D eigenvalue weighted by Crippen LogP contribution is -2.24. The minimum atomic E-state index is -0.750. The Morgan fingerprint density at radius 1 is 1.61 bits per heavy atom. The van der Waals surface area contributed by atoms with Crippen molar-refractivity contribution in [3.8, 4) is 0 Å². The maximum Gasteiger partial charge on any atom is 0.311 e. The van der Waals surface area contributed by atoms with E-state index in [1.807, 2.05) is 6.92 Å². The summed E-state index contributed by atoms with van der Waals surface area (Å²) >= 11 is 0. The smallest absolute Gasteiger partial charge is 0.311 e. The zero-order valence-corrected chi connectivity index (χ0v) is 10.2. The van der Waals surface area contributed by atoms with Crippen LogP contribution in [0.4, 0.5) is 0 Å². The molecule has 0 bridgehead atoms. The minimum Gasteiger partial charge on any atom is -0.481 e. The molecule has 0 amide bonds. The van der Waals surface area contributed by atoms with Gasteiger partial charge in [-0.1, -0.05) is 0 Å². The van der Waals surface area contributed by atoms with Gasteiger partial charge in [0.05, 0.1) is 24.7 Å². The van der Waals surface area contributed by atoms with E-state index in [9.17, 15) is 9.90 Å². The predicted octanol–water partition coefficient (Wildman–Crippen LogP) is 0.430. The summed E-state index contributed by atoms with van der Waals surface area (Å²) in [6.45, 7) is 3.00. The first kappa shape index (κ1) is 11.6. The van der Waals surface area contributed by atoms with E-state index in [4.69, 9.17) is 4.74 Å². The van der Waals surface area contributed by atoms with E-state index < -0.39 is 11.4 Å². The summed E-state index contributed by atoms with van der Waals surface area (Å²) in [5.41, 5.74) is -0.644. The topological polar surface area (TPSA) is 90.1 Å². The summed E-state index contributed by atoms with van der Waals surface area (Å²) in [4.78, 5) is 11.2. The van der Waals surface area contributed by atoms with Gasteiger partial charge in [-0.2, -0.15) is 0 Å². The standard InChI is InChI=1S/C11H16N4O3/c1-7-4-8(5-18-7)9-12-13-14-15(9)6-11(2-3-11)10(16)17/h7-8H,2-6H2,1H3,(H,16,17). The number of hydrogen-bond donors (Lipinski definition) is 1. The highest BCUT2D eigenvalue weighted by molar-refractivity contribution is 5.77. The van der Waals surface area contributed by atoms with Crippen LogP contribution in [0.15, 0.2) is 0 Å². The van der Waals surface area contributed by atoms with Crippen molar-refractivity contribution in [2.45, 2.75) is 44.8 Å². The van der Waals surface area contributed by atoms with E-state index in [-0.39, 0.29) is 12.0 Å². The predicted molar refractivity (Wildman–Crippen MR) is 59.9 cm³/mol. The van der Waals surface area contributed by atoms with Gasteiger partial charge in [-0.05, 0) is 36.6 Å². The number of aliphatic carboxylic acids is 1. The number of carboxylic acids is 1. The summed E-state index contributed by atoms with van der Waals surface area (Å²) in [7, 11) is 0. The molecule has 18 heavy (non-hydrogen) atoms. The van der Waals surface area contributed by atoms with E-state index in [0.29, 0.717) is 26.0 Å². The molecule has 1 aromatic rings. The molecule has 2 unspecified atom stereocenters. The van der Waals surface area contributed by atoms with Crippen LogP contribution in [0, 0.1) is 5.41 Å². The Balaban J connectivity index is 1.78. The average molecular weight is 252 g/mol. The van der Waals surface area contributed by atoms with Crippen LogP contribution in [0.5, 0.6) is 0 Å². The van der Waals surface area contributed by atoms with Gasteiger partial charge in [0.1, 0.15) is 0 Å². The van der Waals surface area contributed by atoms with Crippen LogP contribution in [0.3, 0.4) is 0 Å². The zero-order valence-electron chi connectivity index (χ0n) is 10.2. The summed E-state index contributed by atoms with van der Waals surface area (Å²) in [6, 6.07) is 0. The number of aromatic nitrogens is 4. The second kappa shape index (κ2) is 4.01. The first-order valence-electron chi connectivity index (χ1n) is 6.22. The van der Waals surface area contributed by atoms with Gasteiger partial charge < -0.3 is 9.84 Å². The fourth-order valence-electron chi connectivity index (χ4n) is 2.49. The highest BCUT2D eigenvalue weighted by atomic mass is 16.5. The third-order valence-corrected chi connectivity index (χ3v) is 3.88. The van der Waals surface area contributed by atoms with Gasteiger partial charge in [-0.25, -0.2) is 4.68 Å². The largest absolute Gasteiger partial charge is 0.481 e. The Bertz CT molecular complexity index is 469. The van der Waals surface area contributed by atoms with Crippen molar-refractivity contribution in [1.82, 2.24) is 20.2 Å². The van der Waals surface area contributed by atoms with Crippen LogP contribution >= 0.6 is 0 Å². The molecule has 1 saturated heterocycles. The number of carboxylic acid groups (broad SMARTS) is 1. The van der Waals surface area contributed by atoms with Crippen LogP contribution in [0.1, 0.15) is 37.9 Å². The normalized spacial score (nSPS) is 29.4. The molecule has 2 atom stereocenters. The highest BCUT2D eigenvalue weighted by Crippen LogP contribution is 2.47. The monoisotopic (exact) mass is 252 g/mol. The lowest BCUT2D eigenvalue weighted by molar-refractivity contribution is -0.144. The molecule has 1 N–H and O–H groups in total. The number of rotatable bonds is 4. The Hall–Kier alpha value is -1.50. The molecular weight excluding hydrogens is 236 g/mol. The Kier molecular flexibility index (Phi) is 2.58. The fraction of sp³-hybridized carbons (Fsp3) is 0.818. The van der Waals surface area contributed by atoms with E-state index >= 15 is 0 Å². The third kappa shape index (κ3) is 1.88. The number of ether oxygens (including phenoxy) is 1. The molecular formula is C11H16N4O3. The Morgan fingerprint density at radius 3 is 2.94 bits per heavy atom. The quantitative estimate of drug-likeness (QED) is 0.835. The summed E-state index contributed by atoms with van der Waals surface area (Å²) in [6.07, 6.45) is 2.52. The van der Waals surface area contributed by atoms with Gasteiger partial charge in [0.2, 0.25) is 0 Å². The Morgan fingerprint density at radius 2 is 2.39 bits per heavy atom. The number of nitrogens with zero attached hydrogens (tertiary/aromatic N) is 4. The SMILES string of the molecule is CC1CC(c2nnnn2CC2(C(=O)O)CC2)CO1. The molecule has 3 rings (SSSR count). The second-order valence-corrected chi connectivity index (χ2v) is 5.36. The van der Waals surface area contributed by atoms with Crippen LogP contribution in [0.2, 0.25) is 0 Å². The highest BCUT2D eigenvalue weighted by Gasteiger charge is 2.51. The molecule has 0 radical (unpaired) electrons. The van der Waals surface area contributed by atoms with Crippen LogP contribution in [0.25, 0.3) is 0 Å². The van der Waals surface area contributed by atoms with Crippen LogP contribution in [-0.2, 0) is 16.1 Å². The van der Waals surface area contributed by atoms with Gasteiger partial charge >= 0.3 is 5.97 Å². The van der Waals surface area contributed by atoms with Gasteiger partial charge in [-0.15, -0.1) is 5.10 Å². The fourth-order valence-corrected chi connectivity index (χ4v) is 2.49. The molecule has 1 aromatic heterocycles. The first-order chi connectivity index (χ1) is 8.61. The van der Waals surface area contributed by atoms with Crippen LogP contribution < -0.4 is 0 Å². The molecule has 1 aliphatic heterocycles. The van der Waals surface area contributed by atoms with Crippen molar-refractivity contribution in [2.24, 2.45) is 5.41 Å². The van der Waals surface area contributed by atoms with Crippen molar-refractivity contribution >= 4 is 5.97 Å².